The molecule has 0 spiro atoms. The lowest BCUT2D eigenvalue weighted by Crippen LogP contribution is -2.60. The van der Waals surface area contributed by atoms with Crippen LogP contribution in [0.5, 0.6) is 0 Å². The number of fused-ring (bicyclic) bond motifs is 2. The number of hydrogen-bond acceptors (Lipinski definition) is 6. The largest absolute Gasteiger partial charge is 0.379 e. The van der Waals surface area contributed by atoms with Crippen LogP contribution in [0.3, 0.4) is 0 Å². The number of halogens is 2. The fraction of sp³-hybridized carbons (Fsp3) is 0.800. The molecule has 1 saturated carbocycles. The molecule has 7 nitrogen and oxygen atoms in total. The minimum Gasteiger partial charge on any atom is -0.379 e. The highest BCUT2D eigenvalue weighted by atomic mass is 35.5. The summed E-state index contributed by atoms with van der Waals surface area (Å²) in [6, 6.07) is 0.606. The van der Waals surface area contributed by atoms with E-state index in [2.05, 4.69) is 22.5 Å². The zero-order valence-corrected chi connectivity index (χ0v) is 22.1. The number of piperidine rings is 1. The summed E-state index contributed by atoms with van der Waals surface area (Å²) >= 11 is 0. The van der Waals surface area contributed by atoms with E-state index in [0.29, 0.717) is 24.9 Å². The number of aromatic nitrogens is 2. The molecule has 9 heteroatoms. The average molecular weight is 515 g/mol. The van der Waals surface area contributed by atoms with Crippen molar-refractivity contribution in [3.63, 3.8) is 0 Å². The van der Waals surface area contributed by atoms with Crippen LogP contribution in [0.2, 0.25) is 0 Å². The molecule has 34 heavy (non-hydrogen) atoms. The number of morpholine rings is 1. The number of hydrogen-bond donors (Lipinski definition) is 2. The van der Waals surface area contributed by atoms with Crippen LogP contribution in [-0.2, 0) is 28.8 Å². The van der Waals surface area contributed by atoms with Crippen molar-refractivity contribution >= 4 is 30.7 Å². The third-order valence-corrected chi connectivity index (χ3v) is 8.46. The van der Waals surface area contributed by atoms with Gasteiger partial charge in [-0.2, -0.15) is 0 Å². The highest BCUT2D eigenvalue weighted by Gasteiger charge is 2.50. The van der Waals surface area contributed by atoms with Crippen LogP contribution in [0.25, 0.3) is 0 Å². The average Bonchev–Trinajstić information content (AvgIpc) is 2.84. The van der Waals surface area contributed by atoms with E-state index in [9.17, 15) is 4.79 Å². The molecule has 192 valence electrons. The van der Waals surface area contributed by atoms with Gasteiger partial charge in [0.1, 0.15) is 5.82 Å². The van der Waals surface area contributed by atoms with Crippen LogP contribution in [0.1, 0.15) is 61.3 Å². The van der Waals surface area contributed by atoms with Crippen LogP contribution < -0.4 is 10.6 Å². The van der Waals surface area contributed by atoms with Gasteiger partial charge in [-0.15, -0.1) is 24.8 Å². The van der Waals surface area contributed by atoms with Gasteiger partial charge in [0.2, 0.25) is 5.91 Å². The molecule has 3 fully saturated rings. The summed E-state index contributed by atoms with van der Waals surface area (Å²) in [6.45, 7) is 8.34. The number of carbonyl (C=O) groups excluding carboxylic acids is 1. The van der Waals surface area contributed by atoms with E-state index < -0.39 is 0 Å². The summed E-state index contributed by atoms with van der Waals surface area (Å²) < 4.78 is 5.55. The monoisotopic (exact) mass is 513 g/mol. The normalized spacial score (nSPS) is 29.1. The number of amides is 1. The van der Waals surface area contributed by atoms with Crippen molar-refractivity contribution in [2.75, 3.05) is 45.9 Å². The molecule has 0 bridgehead atoms. The molecule has 3 atom stereocenters. The first kappa shape index (κ1) is 27.6. The molecule has 2 saturated heterocycles. The lowest BCUT2D eigenvalue weighted by atomic mass is 9.61. The zero-order valence-electron chi connectivity index (χ0n) is 20.4. The molecule has 0 unspecified atom stereocenters. The predicted molar refractivity (Wildman–Crippen MR) is 138 cm³/mol. The first-order valence-corrected chi connectivity index (χ1v) is 12.8. The van der Waals surface area contributed by atoms with Gasteiger partial charge in [-0.1, -0.05) is 0 Å². The summed E-state index contributed by atoms with van der Waals surface area (Å²) in [6.07, 6.45) is 9.69. The van der Waals surface area contributed by atoms with Gasteiger partial charge in [-0.3, -0.25) is 9.69 Å². The fourth-order valence-corrected chi connectivity index (χ4v) is 6.59. The van der Waals surface area contributed by atoms with Crippen LogP contribution in [0.4, 0.5) is 0 Å². The van der Waals surface area contributed by atoms with Crippen LogP contribution in [0, 0.1) is 18.3 Å². The second-order valence-electron chi connectivity index (χ2n) is 10.3. The Balaban J connectivity index is 0.00000162. The molecule has 5 rings (SSSR count). The number of rotatable bonds is 5. The summed E-state index contributed by atoms with van der Waals surface area (Å²) in [5.41, 5.74) is 3.47. The second kappa shape index (κ2) is 12.3. The molecular formula is C25H41Cl2N5O2. The first-order valence-electron chi connectivity index (χ1n) is 12.8. The number of aryl methyl sites for hydroxylation is 2. The molecule has 0 radical (unpaired) electrons. The number of nitrogens with one attached hydrogen (secondary N) is 2. The molecule has 1 aromatic rings. The molecule has 0 aromatic carbocycles. The van der Waals surface area contributed by atoms with Crippen molar-refractivity contribution in [3.05, 3.63) is 22.8 Å². The Morgan fingerprint density at radius 2 is 1.97 bits per heavy atom. The van der Waals surface area contributed by atoms with Crippen molar-refractivity contribution < 1.29 is 9.53 Å². The summed E-state index contributed by atoms with van der Waals surface area (Å²) in [5, 5.41) is 6.82. The van der Waals surface area contributed by atoms with Gasteiger partial charge < -0.3 is 15.4 Å². The first-order chi connectivity index (χ1) is 15.7. The van der Waals surface area contributed by atoms with Crippen molar-refractivity contribution in [3.8, 4) is 0 Å². The van der Waals surface area contributed by atoms with Gasteiger partial charge in [0.15, 0.2) is 0 Å². The Morgan fingerprint density at radius 1 is 1.18 bits per heavy atom. The van der Waals surface area contributed by atoms with Gasteiger partial charge >= 0.3 is 0 Å². The van der Waals surface area contributed by atoms with Gasteiger partial charge in [0.05, 0.1) is 18.6 Å². The maximum Gasteiger partial charge on any atom is 0.227 e. The Hall–Kier alpha value is -0.990. The third-order valence-electron chi connectivity index (χ3n) is 8.46. The Bertz CT molecular complexity index is 836. The topological polar surface area (TPSA) is 79.4 Å². The third kappa shape index (κ3) is 5.70. The second-order valence-corrected chi connectivity index (χ2v) is 10.3. The maximum atomic E-state index is 13.5. The van der Waals surface area contributed by atoms with E-state index in [-0.39, 0.29) is 36.1 Å². The van der Waals surface area contributed by atoms with E-state index in [1.807, 2.05) is 0 Å². The van der Waals surface area contributed by atoms with E-state index in [1.54, 1.807) is 0 Å². The maximum absolute atomic E-state index is 13.5. The minimum absolute atomic E-state index is 0. The molecule has 2 N–H and O–H groups in total. The Kier molecular flexibility index (Phi) is 9.99. The number of nitrogens with zero attached hydrogens (tertiary/aromatic N) is 3. The smallest absolute Gasteiger partial charge is 0.227 e. The van der Waals surface area contributed by atoms with Crippen LogP contribution in [0.15, 0.2) is 0 Å². The quantitative estimate of drug-likeness (QED) is 0.629. The lowest BCUT2D eigenvalue weighted by Gasteiger charge is -2.50. The molecule has 2 aliphatic carbocycles. The van der Waals surface area contributed by atoms with Gasteiger partial charge in [-0.25, -0.2) is 9.97 Å². The predicted octanol–water partition coefficient (Wildman–Crippen LogP) is 2.65. The van der Waals surface area contributed by atoms with E-state index in [1.165, 1.54) is 24.1 Å². The highest BCUT2D eigenvalue weighted by molar-refractivity contribution is 5.85. The summed E-state index contributed by atoms with van der Waals surface area (Å²) in [5.74, 6) is 1.59. The summed E-state index contributed by atoms with van der Waals surface area (Å²) in [4.78, 5) is 25.7. The van der Waals surface area contributed by atoms with Crippen molar-refractivity contribution in [2.24, 2.45) is 11.3 Å². The molecule has 1 aromatic heterocycles. The number of carbonyl (C=O) groups is 1. The van der Waals surface area contributed by atoms with E-state index in [0.717, 1.165) is 89.4 Å². The molecule has 2 aliphatic heterocycles. The van der Waals surface area contributed by atoms with Crippen LogP contribution >= 0.6 is 24.8 Å². The Labute approximate surface area is 216 Å². The SMILES string of the molecule is Cc1nc(CCNC(=O)[C@@]23CC[C@H](N4CCOCC4)C[C@H]2CCNC3)nc2c1CCCC2.Cl.Cl. The summed E-state index contributed by atoms with van der Waals surface area (Å²) in [7, 11) is 0. The fourth-order valence-electron chi connectivity index (χ4n) is 6.59. The van der Waals surface area contributed by atoms with Crippen LogP contribution in [-0.4, -0.2) is 72.8 Å². The highest BCUT2D eigenvalue weighted by Crippen LogP contribution is 2.46. The minimum atomic E-state index is -0.256. The van der Waals surface area contributed by atoms with E-state index >= 15 is 0 Å². The van der Waals surface area contributed by atoms with Gasteiger partial charge in [0.25, 0.3) is 0 Å². The standard InChI is InChI=1S/C25H39N5O2.2ClH/c1-18-21-4-2-3-5-22(21)29-23(28-18)8-11-27-24(31)25-9-6-20(30-12-14-32-15-13-30)16-19(25)7-10-26-17-25;;/h19-20,26H,2-17H2,1H3,(H,27,31);2*1H/t19-,20+,25-;;/m1../s1. The molecule has 4 aliphatic rings. The number of ether oxygens (including phenoxy) is 1. The van der Waals surface area contributed by atoms with E-state index in [4.69, 9.17) is 14.7 Å². The molecule has 3 heterocycles. The Morgan fingerprint density at radius 3 is 2.79 bits per heavy atom. The van der Waals surface area contributed by atoms with Gasteiger partial charge in [0, 0.05) is 50.0 Å². The zero-order chi connectivity index (χ0) is 22.0. The molecule has 1 amide bonds. The van der Waals surface area contributed by atoms with Crippen molar-refractivity contribution in [1.82, 2.24) is 25.5 Å². The molecular weight excluding hydrogens is 473 g/mol. The van der Waals surface area contributed by atoms with Gasteiger partial charge in [-0.05, 0) is 76.3 Å². The van der Waals surface area contributed by atoms with Crippen molar-refractivity contribution in [2.45, 2.75) is 70.8 Å². The lowest BCUT2D eigenvalue weighted by molar-refractivity contribution is -0.140. The van der Waals surface area contributed by atoms with Crippen molar-refractivity contribution in [1.29, 1.82) is 0 Å².